The van der Waals surface area contributed by atoms with E-state index in [1.165, 1.54) is 4.57 Å². The lowest BCUT2D eigenvalue weighted by Crippen LogP contribution is -2.30. The number of nitrogens with two attached hydrogens (primary N) is 1. The van der Waals surface area contributed by atoms with Crippen molar-refractivity contribution in [1.82, 2.24) is 9.55 Å². The Balaban J connectivity index is 1.49. The van der Waals surface area contributed by atoms with Crippen LogP contribution in [0.3, 0.4) is 0 Å². The molecule has 2 atom stereocenters. The van der Waals surface area contributed by atoms with Crippen LogP contribution in [0, 0.1) is 0 Å². The van der Waals surface area contributed by atoms with E-state index in [2.05, 4.69) is 4.98 Å². The SMILES string of the molecule is Nc1ccn(C[C@H]2CS[C@@H](COC(=O)c3ccccc3)O2)c(=O)n1. The molecule has 0 aliphatic carbocycles. The summed E-state index contributed by atoms with van der Waals surface area (Å²) in [5.41, 5.74) is 5.34. The van der Waals surface area contributed by atoms with Gasteiger partial charge in [0.1, 0.15) is 17.9 Å². The number of benzene rings is 1. The average molecular weight is 347 g/mol. The van der Waals surface area contributed by atoms with Gasteiger partial charge < -0.3 is 15.2 Å². The predicted octanol–water partition coefficient (Wildman–Crippen LogP) is 1.14. The third kappa shape index (κ3) is 4.15. The second kappa shape index (κ2) is 7.50. The van der Waals surface area contributed by atoms with Gasteiger partial charge in [0.15, 0.2) is 0 Å². The quantitative estimate of drug-likeness (QED) is 0.810. The highest BCUT2D eigenvalue weighted by Gasteiger charge is 2.27. The van der Waals surface area contributed by atoms with Gasteiger partial charge in [-0.15, -0.1) is 11.8 Å². The average Bonchev–Trinajstić information content (AvgIpc) is 3.03. The highest BCUT2D eigenvalue weighted by Crippen LogP contribution is 2.26. The third-order valence-corrected chi connectivity index (χ3v) is 4.65. The molecular weight excluding hydrogens is 330 g/mol. The molecule has 2 aromatic rings. The second-order valence-corrected chi connectivity index (χ2v) is 6.47. The van der Waals surface area contributed by atoms with Crippen molar-refractivity contribution < 1.29 is 14.3 Å². The summed E-state index contributed by atoms with van der Waals surface area (Å²) in [5.74, 6) is 0.538. The number of anilines is 1. The van der Waals surface area contributed by atoms with Crippen LogP contribution in [-0.2, 0) is 16.0 Å². The zero-order valence-electron chi connectivity index (χ0n) is 12.8. The lowest BCUT2D eigenvalue weighted by atomic mass is 10.2. The highest BCUT2D eigenvalue weighted by atomic mass is 32.2. The number of hydrogen-bond acceptors (Lipinski definition) is 7. The number of thioether (sulfide) groups is 1. The predicted molar refractivity (Wildman–Crippen MR) is 90.8 cm³/mol. The first kappa shape index (κ1) is 16.5. The zero-order chi connectivity index (χ0) is 16.9. The minimum atomic E-state index is -0.400. The van der Waals surface area contributed by atoms with Crippen LogP contribution in [0.1, 0.15) is 10.4 Å². The number of rotatable bonds is 5. The molecular formula is C16H17N3O4S. The van der Waals surface area contributed by atoms with Crippen LogP contribution < -0.4 is 11.4 Å². The molecule has 0 amide bonds. The van der Waals surface area contributed by atoms with E-state index in [9.17, 15) is 9.59 Å². The number of ether oxygens (including phenoxy) is 2. The smallest absolute Gasteiger partial charge is 0.349 e. The Morgan fingerprint density at radius 3 is 2.92 bits per heavy atom. The van der Waals surface area contributed by atoms with Crippen molar-refractivity contribution >= 4 is 23.5 Å². The van der Waals surface area contributed by atoms with Crippen LogP contribution in [0.15, 0.2) is 47.4 Å². The van der Waals surface area contributed by atoms with E-state index in [4.69, 9.17) is 15.2 Å². The van der Waals surface area contributed by atoms with Gasteiger partial charge in [0.25, 0.3) is 0 Å². The summed E-state index contributed by atoms with van der Waals surface area (Å²) in [6.45, 7) is 0.562. The lowest BCUT2D eigenvalue weighted by molar-refractivity contribution is 0.00451. The van der Waals surface area contributed by atoms with Gasteiger partial charge in [-0.25, -0.2) is 9.59 Å². The van der Waals surface area contributed by atoms with E-state index >= 15 is 0 Å². The van der Waals surface area contributed by atoms with E-state index in [1.54, 1.807) is 48.3 Å². The third-order valence-electron chi connectivity index (χ3n) is 3.47. The van der Waals surface area contributed by atoms with Crippen LogP contribution in [-0.4, -0.2) is 39.4 Å². The van der Waals surface area contributed by atoms with Crippen molar-refractivity contribution in [3.05, 3.63) is 58.6 Å². The fourth-order valence-electron chi connectivity index (χ4n) is 2.29. The van der Waals surface area contributed by atoms with Crippen LogP contribution in [0.5, 0.6) is 0 Å². The standard InChI is InChI=1S/C16H17N3O4S/c17-13-6-7-19(16(21)18-13)8-12-10-24-14(23-12)9-22-15(20)11-4-2-1-3-5-11/h1-7,12,14H,8-10H2,(H2,17,18,21)/t12-,14-/m0/s1. The molecule has 7 nitrogen and oxygen atoms in total. The monoisotopic (exact) mass is 347 g/mol. The van der Waals surface area contributed by atoms with Gasteiger partial charge in [-0.05, 0) is 18.2 Å². The van der Waals surface area contributed by atoms with E-state index in [1.807, 2.05) is 6.07 Å². The molecule has 1 aromatic carbocycles. The Kier molecular flexibility index (Phi) is 5.17. The van der Waals surface area contributed by atoms with Crippen LogP contribution in [0.2, 0.25) is 0 Å². The summed E-state index contributed by atoms with van der Waals surface area (Å²) >= 11 is 1.56. The first-order valence-electron chi connectivity index (χ1n) is 7.44. The summed E-state index contributed by atoms with van der Waals surface area (Å²) in [6, 6.07) is 10.4. The molecule has 0 bridgehead atoms. The summed E-state index contributed by atoms with van der Waals surface area (Å²) < 4.78 is 12.5. The Bertz CT molecular complexity index is 765. The van der Waals surface area contributed by atoms with E-state index in [0.29, 0.717) is 17.9 Å². The molecule has 0 unspecified atom stereocenters. The molecule has 2 heterocycles. The number of nitrogens with zero attached hydrogens (tertiary/aromatic N) is 2. The first-order valence-corrected chi connectivity index (χ1v) is 8.49. The minimum absolute atomic E-state index is 0.140. The molecule has 1 fully saturated rings. The van der Waals surface area contributed by atoms with Gasteiger partial charge in [0.05, 0.1) is 18.2 Å². The van der Waals surface area contributed by atoms with Gasteiger partial charge in [0.2, 0.25) is 0 Å². The molecule has 1 saturated heterocycles. The summed E-state index contributed by atoms with van der Waals surface area (Å²) in [6.07, 6.45) is 1.46. The van der Waals surface area contributed by atoms with Gasteiger partial charge in [-0.2, -0.15) is 4.98 Å². The van der Waals surface area contributed by atoms with E-state index < -0.39 is 5.69 Å². The number of hydrogen-bond donors (Lipinski definition) is 1. The first-order chi connectivity index (χ1) is 11.6. The Morgan fingerprint density at radius 1 is 1.38 bits per heavy atom. The summed E-state index contributed by atoms with van der Waals surface area (Å²) in [7, 11) is 0. The summed E-state index contributed by atoms with van der Waals surface area (Å²) in [5, 5.41) is 0. The lowest BCUT2D eigenvalue weighted by Gasteiger charge is -2.14. The minimum Gasteiger partial charge on any atom is -0.458 e. The van der Waals surface area contributed by atoms with E-state index in [0.717, 1.165) is 0 Å². The molecule has 126 valence electrons. The van der Waals surface area contributed by atoms with Gasteiger partial charge in [-0.3, -0.25) is 4.57 Å². The zero-order valence-corrected chi connectivity index (χ0v) is 13.6. The fraction of sp³-hybridized carbons (Fsp3) is 0.312. The van der Waals surface area contributed by atoms with Gasteiger partial charge >= 0.3 is 11.7 Å². The summed E-state index contributed by atoms with van der Waals surface area (Å²) in [4.78, 5) is 27.3. The molecule has 1 aromatic heterocycles. The Labute approximate surface area is 142 Å². The number of carbonyl (C=O) groups is 1. The maximum absolute atomic E-state index is 11.9. The van der Waals surface area contributed by atoms with Gasteiger partial charge in [0, 0.05) is 11.9 Å². The van der Waals surface area contributed by atoms with Crippen molar-refractivity contribution in [2.75, 3.05) is 18.1 Å². The maximum atomic E-state index is 11.9. The van der Waals surface area contributed by atoms with Crippen LogP contribution >= 0.6 is 11.8 Å². The van der Waals surface area contributed by atoms with E-state index in [-0.39, 0.29) is 29.9 Å². The number of nitrogen functional groups attached to an aromatic ring is 1. The molecule has 0 spiro atoms. The van der Waals surface area contributed by atoms with Crippen molar-refractivity contribution in [1.29, 1.82) is 0 Å². The molecule has 0 saturated carbocycles. The Morgan fingerprint density at radius 2 is 2.17 bits per heavy atom. The van der Waals surface area contributed by atoms with Crippen molar-refractivity contribution in [2.45, 2.75) is 18.1 Å². The topological polar surface area (TPSA) is 96.4 Å². The van der Waals surface area contributed by atoms with Gasteiger partial charge in [-0.1, -0.05) is 18.2 Å². The maximum Gasteiger partial charge on any atom is 0.349 e. The van der Waals surface area contributed by atoms with Crippen molar-refractivity contribution in [2.24, 2.45) is 0 Å². The highest BCUT2D eigenvalue weighted by molar-refractivity contribution is 8.00. The normalized spacial score (nSPS) is 20.0. The molecule has 1 aliphatic heterocycles. The molecule has 24 heavy (non-hydrogen) atoms. The molecule has 0 radical (unpaired) electrons. The number of carbonyl (C=O) groups excluding carboxylic acids is 1. The molecule has 2 N–H and O–H groups in total. The Hall–Kier alpha value is -2.32. The number of aromatic nitrogens is 2. The van der Waals surface area contributed by atoms with Crippen molar-refractivity contribution in [3.63, 3.8) is 0 Å². The molecule has 8 heteroatoms. The fourth-order valence-corrected chi connectivity index (χ4v) is 3.31. The van der Waals surface area contributed by atoms with Crippen LogP contribution in [0.4, 0.5) is 5.82 Å². The van der Waals surface area contributed by atoms with Crippen molar-refractivity contribution in [3.8, 4) is 0 Å². The molecule has 3 rings (SSSR count). The second-order valence-electron chi connectivity index (χ2n) is 5.27. The number of esters is 1. The molecule has 1 aliphatic rings. The van der Waals surface area contributed by atoms with Crippen LogP contribution in [0.25, 0.3) is 0 Å². The largest absolute Gasteiger partial charge is 0.458 e.